The summed E-state index contributed by atoms with van der Waals surface area (Å²) in [4.78, 5) is 16.1. The van der Waals surface area contributed by atoms with Gasteiger partial charge in [0.05, 0.1) is 11.8 Å². The summed E-state index contributed by atoms with van der Waals surface area (Å²) >= 11 is 0. The van der Waals surface area contributed by atoms with Crippen LogP contribution in [0.2, 0.25) is 0 Å². The molecule has 27 heavy (non-hydrogen) atoms. The average Bonchev–Trinajstić information content (AvgIpc) is 3.49. The van der Waals surface area contributed by atoms with Gasteiger partial charge in [-0.3, -0.25) is 4.79 Å². The van der Waals surface area contributed by atoms with Gasteiger partial charge in [0.2, 0.25) is 0 Å². The second kappa shape index (κ2) is 8.10. The summed E-state index contributed by atoms with van der Waals surface area (Å²) in [6.07, 6.45) is 5.90. The molecule has 0 radical (unpaired) electrons. The predicted octanol–water partition coefficient (Wildman–Crippen LogP) is 2.97. The van der Waals surface area contributed by atoms with Crippen LogP contribution in [-0.2, 0) is 9.53 Å². The average molecular weight is 380 g/mol. The van der Waals surface area contributed by atoms with E-state index >= 15 is 0 Å². The Balaban J connectivity index is 1.24. The molecule has 1 saturated carbocycles. The summed E-state index contributed by atoms with van der Waals surface area (Å²) in [7, 11) is 0. The zero-order valence-electron chi connectivity index (χ0n) is 15.5. The molecule has 7 heteroatoms. The minimum Gasteiger partial charge on any atom is -0.481 e. The van der Waals surface area contributed by atoms with E-state index in [1.807, 2.05) is 0 Å². The fourth-order valence-electron chi connectivity index (χ4n) is 3.75. The summed E-state index contributed by atoms with van der Waals surface area (Å²) in [6, 6.07) is 2.06. The molecule has 0 bridgehead atoms. The molecule has 0 unspecified atom stereocenters. The van der Waals surface area contributed by atoms with E-state index in [1.165, 1.54) is 17.7 Å². The lowest BCUT2D eigenvalue weighted by molar-refractivity contribution is -0.121. The molecule has 0 aromatic heterocycles. The third-order valence-corrected chi connectivity index (χ3v) is 5.60. The number of rotatable bonds is 7. The highest BCUT2D eigenvalue weighted by Gasteiger charge is 2.28. The monoisotopic (exact) mass is 380 g/mol. The number of fused-ring (bicyclic) bond motifs is 1. The van der Waals surface area contributed by atoms with Crippen molar-refractivity contribution >= 4 is 11.6 Å². The van der Waals surface area contributed by atoms with Crippen LogP contribution in [0, 0.1) is 17.6 Å². The zero-order chi connectivity index (χ0) is 18.8. The van der Waals surface area contributed by atoms with Gasteiger partial charge in [0.25, 0.3) is 5.91 Å². The fraction of sp³-hybridized carbons (Fsp3) is 0.650. The van der Waals surface area contributed by atoms with Crippen LogP contribution in [-0.4, -0.2) is 56.3 Å². The fourth-order valence-corrected chi connectivity index (χ4v) is 3.75. The third-order valence-electron chi connectivity index (χ3n) is 5.60. The van der Waals surface area contributed by atoms with Crippen molar-refractivity contribution < 1.29 is 23.0 Å². The number of nitrogens with zero attached hydrogens (tertiary/aromatic N) is 2. The van der Waals surface area contributed by atoms with Gasteiger partial charge in [-0.15, -0.1) is 0 Å². The number of hydrogen-bond acceptors (Lipinski definition) is 4. The van der Waals surface area contributed by atoms with Crippen molar-refractivity contribution in [2.24, 2.45) is 5.92 Å². The molecule has 1 amide bonds. The standard InChI is InChI=1S/C20H26F2N2O3/c21-16-10-18-19(11-17(16)22)27-13-20(25)24(18)7-1-6-23-8-4-15(5-9-23)26-12-14-2-3-14/h10-11,14-15H,1-9,12-13H2. The van der Waals surface area contributed by atoms with Crippen molar-refractivity contribution in [3.05, 3.63) is 23.8 Å². The molecule has 5 nitrogen and oxygen atoms in total. The SMILES string of the molecule is O=C1COc2cc(F)c(F)cc2N1CCCN1CCC(OCC2CC2)CC1. The first-order chi connectivity index (χ1) is 13.1. The largest absolute Gasteiger partial charge is 0.481 e. The Labute approximate surface area is 158 Å². The van der Waals surface area contributed by atoms with Crippen LogP contribution < -0.4 is 9.64 Å². The molecule has 2 heterocycles. The van der Waals surface area contributed by atoms with Gasteiger partial charge in [-0.2, -0.15) is 0 Å². The summed E-state index contributed by atoms with van der Waals surface area (Å²) < 4.78 is 38.2. The maximum absolute atomic E-state index is 13.6. The second-order valence-corrected chi connectivity index (χ2v) is 7.74. The number of anilines is 1. The minimum atomic E-state index is -0.967. The van der Waals surface area contributed by atoms with Crippen LogP contribution >= 0.6 is 0 Å². The lowest BCUT2D eigenvalue weighted by Crippen LogP contribution is -2.42. The van der Waals surface area contributed by atoms with Gasteiger partial charge in [0.1, 0.15) is 5.75 Å². The number of ether oxygens (including phenoxy) is 2. The van der Waals surface area contributed by atoms with E-state index in [0.29, 0.717) is 18.3 Å². The smallest absolute Gasteiger partial charge is 0.265 e. The predicted molar refractivity (Wildman–Crippen MR) is 97.0 cm³/mol. The normalized spacial score (nSPS) is 21.3. The van der Waals surface area contributed by atoms with Crippen molar-refractivity contribution in [2.75, 3.05) is 44.3 Å². The van der Waals surface area contributed by atoms with Gasteiger partial charge in [0.15, 0.2) is 18.2 Å². The van der Waals surface area contributed by atoms with Gasteiger partial charge in [-0.1, -0.05) is 0 Å². The van der Waals surface area contributed by atoms with Crippen molar-refractivity contribution in [2.45, 2.75) is 38.2 Å². The van der Waals surface area contributed by atoms with Crippen molar-refractivity contribution in [1.82, 2.24) is 4.90 Å². The number of benzene rings is 1. The molecule has 148 valence electrons. The maximum atomic E-state index is 13.6. The van der Waals surface area contributed by atoms with Crippen LogP contribution in [0.1, 0.15) is 32.1 Å². The molecule has 3 aliphatic rings. The first-order valence-corrected chi connectivity index (χ1v) is 9.86. The molecule has 1 aliphatic carbocycles. The van der Waals surface area contributed by atoms with E-state index in [2.05, 4.69) is 4.90 Å². The summed E-state index contributed by atoms with van der Waals surface area (Å²) in [5.41, 5.74) is 0.317. The van der Waals surface area contributed by atoms with Crippen LogP contribution in [0.3, 0.4) is 0 Å². The lowest BCUT2D eigenvalue weighted by Gasteiger charge is -2.33. The maximum Gasteiger partial charge on any atom is 0.265 e. The highest BCUT2D eigenvalue weighted by Crippen LogP contribution is 2.34. The number of carbonyl (C=O) groups excluding carboxylic acids is 1. The van der Waals surface area contributed by atoms with E-state index in [9.17, 15) is 13.6 Å². The molecule has 1 aromatic carbocycles. The van der Waals surface area contributed by atoms with Crippen LogP contribution in [0.4, 0.5) is 14.5 Å². The molecule has 0 atom stereocenters. The minimum absolute atomic E-state index is 0.137. The Morgan fingerprint density at radius 1 is 1.07 bits per heavy atom. The summed E-state index contributed by atoms with van der Waals surface area (Å²) in [6.45, 7) is 4.13. The molecule has 1 saturated heterocycles. The Hall–Kier alpha value is -1.73. The van der Waals surface area contributed by atoms with E-state index < -0.39 is 11.6 Å². The number of amides is 1. The summed E-state index contributed by atoms with van der Waals surface area (Å²) in [5.74, 6) is -1.13. The number of halogens is 2. The number of likely N-dealkylation sites (tertiary alicyclic amines) is 1. The molecule has 0 N–H and O–H groups in total. The first-order valence-electron chi connectivity index (χ1n) is 9.86. The summed E-state index contributed by atoms with van der Waals surface area (Å²) in [5, 5.41) is 0. The Morgan fingerprint density at radius 3 is 2.56 bits per heavy atom. The van der Waals surface area contributed by atoms with Gasteiger partial charge < -0.3 is 19.3 Å². The number of piperidine rings is 1. The van der Waals surface area contributed by atoms with Gasteiger partial charge in [-0.05, 0) is 44.6 Å². The van der Waals surface area contributed by atoms with Crippen LogP contribution in [0.5, 0.6) is 5.75 Å². The van der Waals surface area contributed by atoms with Gasteiger partial charge in [0, 0.05) is 38.4 Å². The number of carbonyl (C=O) groups is 1. The molecular formula is C20H26F2N2O3. The van der Waals surface area contributed by atoms with Gasteiger partial charge >= 0.3 is 0 Å². The van der Waals surface area contributed by atoms with E-state index in [0.717, 1.165) is 63.6 Å². The lowest BCUT2D eigenvalue weighted by atomic mass is 10.1. The van der Waals surface area contributed by atoms with E-state index in [4.69, 9.17) is 9.47 Å². The zero-order valence-corrected chi connectivity index (χ0v) is 15.5. The van der Waals surface area contributed by atoms with Crippen molar-refractivity contribution in [3.8, 4) is 5.75 Å². The Bertz CT molecular complexity index is 688. The van der Waals surface area contributed by atoms with Crippen molar-refractivity contribution in [3.63, 3.8) is 0 Å². The van der Waals surface area contributed by atoms with Crippen molar-refractivity contribution in [1.29, 1.82) is 0 Å². The molecule has 0 spiro atoms. The first kappa shape index (κ1) is 18.6. The number of hydrogen-bond donors (Lipinski definition) is 0. The van der Waals surface area contributed by atoms with E-state index in [-0.39, 0.29) is 18.3 Å². The molecule has 2 aliphatic heterocycles. The highest BCUT2D eigenvalue weighted by molar-refractivity contribution is 5.97. The highest BCUT2D eigenvalue weighted by atomic mass is 19.2. The van der Waals surface area contributed by atoms with Gasteiger partial charge in [-0.25, -0.2) is 8.78 Å². The Morgan fingerprint density at radius 2 is 1.81 bits per heavy atom. The van der Waals surface area contributed by atoms with E-state index in [1.54, 1.807) is 0 Å². The molecule has 4 rings (SSSR count). The molecule has 2 fully saturated rings. The molecular weight excluding hydrogens is 354 g/mol. The van der Waals surface area contributed by atoms with Crippen LogP contribution in [0.25, 0.3) is 0 Å². The quantitative estimate of drug-likeness (QED) is 0.729. The topological polar surface area (TPSA) is 42.0 Å². The molecule has 1 aromatic rings. The van der Waals surface area contributed by atoms with Crippen LogP contribution in [0.15, 0.2) is 12.1 Å². The third kappa shape index (κ3) is 4.58. The second-order valence-electron chi connectivity index (χ2n) is 7.74. The Kier molecular flexibility index (Phi) is 5.59.